The Balaban J connectivity index is 1.54. The zero-order chi connectivity index (χ0) is 16.9. The number of morpholine rings is 1. The van der Waals surface area contributed by atoms with Crippen molar-refractivity contribution in [1.29, 1.82) is 0 Å². The molecule has 2 heterocycles. The van der Waals surface area contributed by atoms with Crippen molar-refractivity contribution in [3.8, 4) is 0 Å². The van der Waals surface area contributed by atoms with Crippen LogP contribution < -0.4 is 5.32 Å². The molecule has 0 bridgehead atoms. The molecule has 1 N–H and O–H groups in total. The normalized spacial score (nSPS) is 17.5. The number of rotatable bonds is 4. The predicted octanol–water partition coefficient (Wildman–Crippen LogP) is 2.22. The van der Waals surface area contributed by atoms with Gasteiger partial charge in [-0.15, -0.1) is 0 Å². The van der Waals surface area contributed by atoms with Crippen LogP contribution in [0.3, 0.4) is 0 Å². The number of carbonyl (C=O) groups excluding carboxylic acids is 2. The molecule has 126 valence electrons. The molecule has 1 fully saturated rings. The Morgan fingerprint density at radius 1 is 1.38 bits per heavy atom. The number of benzene rings is 1. The summed E-state index contributed by atoms with van der Waals surface area (Å²) < 4.78 is 18.8. The van der Waals surface area contributed by atoms with E-state index in [1.807, 2.05) is 16.8 Å². The van der Waals surface area contributed by atoms with E-state index < -0.39 is 11.7 Å². The van der Waals surface area contributed by atoms with Crippen LogP contribution in [0.1, 0.15) is 22.0 Å². The first kappa shape index (κ1) is 16.6. The van der Waals surface area contributed by atoms with Crippen LogP contribution in [0, 0.1) is 5.82 Å². The number of hydrogen-bond donors (Lipinski definition) is 1. The van der Waals surface area contributed by atoms with Gasteiger partial charge in [0.2, 0.25) is 5.91 Å². The molecular weight excluding hydrogens is 331 g/mol. The summed E-state index contributed by atoms with van der Waals surface area (Å²) in [6.45, 7) is 1.30. The lowest BCUT2D eigenvalue weighted by Gasteiger charge is -2.32. The standard InChI is InChI=1S/C17H17FN2O3S/c18-14-3-1-2-12(8-14)17(22)19-9-16(21)20-5-6-23-15(10-20)13-4-7-24-11-13/h1-4,7-8,11,15H,5-6,9-10H2,(H,19,22)/t15-/m1/s1. The molecule has 7 heteroatoms. The molecule has 0 radical (unpaired) electrons. The fourth-order valence-corrected chi connectivity index (χ4v) is 3.24. The molecule has 1 aromatic heterocycles. The van der Waals surface area contributed by atoms with E-state index in [9.17, 15) is 14.0 Å². The molecule has 0 unspecified atom stereocenters. The van der Waals surface area contributed by atoms with Crippen molar-refractivity contribution in [3.63, 3.8) is 0 Å². The Morgan fingerprint density at radius 3 is 3.00 bits per heavy atom. The highest BCUT2D eigenvalue weighted by atomic mass is 32.1. The van der Waals surface area contributed by atoms with E-state index in [0.29, 0.717) is 19.7 Å². The number of carbonyl (C=O) groups is 2. The lowest BCUT2D eigenvalue weighted by atomic mass is 10.1. The van der Waals surface area contributed by atoms with E-state index >= 15 is 0 Å². The first-order valence-electron chi connectivity index (χ1n) is 7.59. The highest BCUT2D eigenvalue weighted by Gasteiger charge is 2.25. The molecule has 1 aromatic carbocycles. The van der Waals surface area contributed by atoms with Crippen molar-refractivity contribution >= 4 is 23.2 Å². The van der Waals surface area contributed by atoms with E-state index in [0.717, 1.165) is 11.6 Å². The van der Waals surface area contributed by atoms with E-state index in [-0.39, 0.29) is 24.1 Å². The van der Waals surface area contributed by atoms with Crippen molar-refractivity contribution in [2.24, 2.45) is 0 Å². The molecule has 2 amide bonds. The Hall–Kier alpha value is -2.25. The third kappa shape index (κ3) is 3.98. The molecule has 5 nitrogen and oxygen atoms in total. The molecule has 24 heavy (non-hydrogen) atoms. The van der Waals surface area contributed by atoms with Gasteiger partial charge >= 0.3 is 0 Å². The first-order chi connectivity index (χ1) is 11.6. The van der Waals surface area contributed by atoms with Crippen LogP contribution in [0.25, 0.3) is 0 Å². The number of nitrogens with one attached hydrogen (secondary N) is 1. The van der Waals surface area contributed by atoms with Crippen LogP contribution in [0.15, 0.2) is 41.1 Å². The lowest BCUT2D eigenvalue weighted by Crippen LogP contribution is -2.46. The lowest BCUT2D eigenvalue weighted by molar-refractivity contribution is -0.137. The minimum Gasteiger partial charge on any atom is -0.370 e. The minimum atomic E-state index is -0.485. The third-order valence-electron chi connectivity index (χ3n) is 3.82. The van der Waals surface area contributed by atoms with E-state index in [4.69, 9.17) is 4.74 Å². The number of ether oxygens (including phenoxy) is 1. The molecule has 0 aliphatic carbocycles. The second-order valence-corrected chi connectivity index (χ2v) is 6.23. The van der Waals surface area contributed by atoms with Crippen molar-refractivity contribution in [2.75, 3.05) is 26.2 Å². The topological polar surface area (TPSA) is 58.6 Å². The summed E-state index contributed by atoms with van der Waals surface area (Å²) in [5.74, 6) is -1.13. The maximum atomic E-state index is 13.1. The summed E-state index contributed by atoms with van der Waals surface area (Å²) in [4.78, 5) is 25.9. The predicted molar refractivity (Wildman–Crippen MR) is 88.3 cm³/mol. The fraction of sp³-hybridized carbons (Fsp3) is 0.294. The van der Waals surface area contributed by atoms with Gasteiger partial charge in [-0.2, -0.15) is 11.3 Å². The Bertz CT molecular complexity index is 720. The third-order valence-corrected chi connectivity index (χ3v) is 4.52. The van der Waals surface area contributed by atoms with Crippen molar-refractivity contribution in [3.05, 3.63) is 58.0 Å². The Morgan fingerprint density at radius 2 is 2.25 bits per heavy atom. The molecule has 1 saturated heterocycles. The zero-order valence-corrected chi connectivity index (χ0v) is 13.7. The summed E-state index contributed by atoms with van der Waals surface area (Å²) in [5, 5.41) is 6.51. The van der Waals surface area contributed by atoms with Crippen LogP contribution in [-0.2, 0) is 9.53 Å². The second-order valence-electron chi connectivity index (χ2n) is 5.45. The van der Waals surface area contributed by atoms with Gasteiger partial charge in [0.15, 0.2) is 0 Å². The maximum Gasteiger partial charge on any atom is 0.251 e. The monoisotopic (exact) mass is 348 g/mol. The van der Waals surface area contributed by atoms with E-state index in [1.165, 1.54) is 18.2 Å². The van der Waals surface area contributed by atoms with Gasteiger partial charge in [-0.1, -0.05) is 6.07 Å². The first-order valence-corrected chi connectivity index (χ1v) is 8.53. The maximum absolute atomic E-state index is 13.1. The number of hydrogen-bond acceptors (Lipinski definition) is 4. The van der Waals surface area contributed by atoms with E-state index in [2.05, 4.69) is 5.32 Å². The SMILES string of the molecule is O=C(NCC(=O)N1CCO[C@@H](c2ccsc2)C1)c1cccc(F)c1. The van der Waals surface area contributed by atoms with Crippen molar-refractivity contribution < 1.29 is 18.7 Å². The summed E-state index contributed by atoms with van der Waals surface area (Å²) in [5.41, 5.74) is 1.25. The van der Waals surface area contributed by atoms with Crippen LogP contribution in [0.4, 0.5) is 4.39 Å². The highest BCUT2D eigenvalue weighted by molar-refractivity contribution is 7.07. The Labute approximate surface area is 143 Å². The molecule has 0 saturated carbocycles. The van der Waals surface area contributed by atoms with Gasteiger partial charge in [-0.05, 0) is 40.6 Å². The van der Waals surface area contributed by atoms with Crippen LogP contribution in [-0.4, -0.2) is 43.0 Å². The molecule has 0 spiro atoms. The molecule has 1 aliphatic rings. The van der Waals surface area contributed by atoms with Gasteiger partial charge in [0.25, 0.3) is 5.91 Å². The molecular formula is C17H17FN2O3S. The van der Waals surface area contributed by atoms with Gasteiger partial charge in [0, 0.05) is 12.1 Å². The van der Waals surface area contributed by atoms with Crippen LogP contribution in [0.2, 0.25) is 0 Å². The van der Waals surface area contributed by atoms with Gasteiger partial charge in [0.1, 0.15) is 11.9 Å². The quantitative estimate of drug-likeness (QED) is 0.922. The number of amides is 2. The van der Waals surface area contributed by atoms with Gasteiger partial charge in [-0.25, -0.2) is 4.39 Å². The largest absolute Gasteiger partial charge is 0.370 e. The van der Waals surface area contributed by atoms with E-state index in [1.54, 1.807) is 16.2 Å². The van der Waals surface area contributed by atoms with Crippen LogP contribution >= 0.6 is 11.3 Å². The molecule has 3 rings (SSSR count). The summed E-state index contributed by atoms with van der Waals surface area (Å²) >= 11 is 1.58. The van der Waals surface area contributed by atoms with Gasteiger partial charge in [0.05, 0.1) is 19.7 Å². The minimum absolute atomic E-state index is 0.119. The zero-order valence-electron chi connectivity index (χ0n) is 12.9. The van der Waals surface area contributed by atoms with Crippen LogP contribution in [0.5, 0.6) is 0 Å². The van der Waals surface area contributed by atoms with Crippen molar-refractivity contribution in [1.82, 2.24) is 10.2 Å². The summed E-state index contributed by atoms with van der Waals surface area (Å²) in [7, 11) is 0. The average Bonchev–Trinajstić information content (AvgIpc) is 3.14. The molecule has 1 aliphatic heterocycles. The van der Waals surface area contributed by atoms with Crippen molar-refractivity contribution in [2.45, 2.75) is 6.10 Å². The Kier molecular flexibility index (Phi) is 5.22. The van der Waals surface area contributed by atoms with Gasteiger partial charge in [-0.3, -0.25) is 9.59 Å². The summed E-state index contributed by atoms with van der Waals surface area (Å²) in [6, 6.07) is 7.35. The number of nitrogens with zero attached hydrogens (tertiary/aromatic N) is 1. The highest BCUT2D eigenvalue weighted by Crippen LogP contribution is 2.24. The second kappa shape index (κ2) is 7.55. The molecule has 1 atom stereocenters. The molecule has 2 aromatic rings. The number of thiophene rings is 1. The summed E-state index contributed by atoms with van der Waals surface area (Å²) in [6.07, 6.45) is -0.132. The smallest absolute Gasteiger partial charge is 0.251 e. The van der Waals surface area contributed by atoms with Gasteiger partial charge < -0.3 is 15.0 Å². The average molecular weight is 348 g/mol. The number of halogens is 1. The fourth-order valence-electron chi connectivity index (χ4n) is 2.54.